The highest BCUT2D eigenvalue weighted by atomic mass is 28.3. The number of nitrogens with zero attached hydrogens (tertiary/aromatic N) is 4. The molecule has 0 saturated carbocycles. The zero-order chi connectivity index (χ0) is 35.3. The van der Waals surface area contributed by atoms with Crippen molar-refractivity contribution >= 4 is 62.1 Å². The van der Waals surface area contributed by atoms with Crippen molar-refractivity contribution in [3.8, 4) is 45.3 Å². The van der Waals surface area contributed by atoms with Gasteiger partial charge in [-0.15, -0.1) is 0 Å². The summed E-state index contributed by atoms with van der Waals surface area (Å²) < 4.78 is 4.83. The molecule has 4 heterocycles. The van der Waals surface area contributed by atoms with Crippen LogP contribution in [-0.4, -0.2) is 27.2 Å². The van der Waals surface area contributed by atoms with Gasteiger partial charge in [0.25, 0.3) is 0 Å². The Hall–Kier alpha value is -6.56. The number of benzene rings is 7. The highest BCUT2D eigenvalue weighted by Gasteiger charge is 2.41. The highest BCUT2D eigenvalue weighted by Crippen LogP contribution is 2.43. The normalized spacial score (nSPS) is 13.2. The van der Waals surface area contributed by atoms with Crippen molar-refractivity contribution in [2.24, 2.45) is 0 Å². The predicted octanol–water partition coefficient (Wildman–Crippen LogP) is 10.8. The smallest absolute Gasteiger partial charge is 0.162 e. The minimum atomic E-state index is -2.08. The Morgan fingerprint density at radius 1 is 0.434 bits per heavy atom. The third-order valence-corrected chi connectivity index (χ3v) is 14.8. The quantitative estimate of drug-likeness (QED) is 0.172. The fourth-order valence-electron chi connectivity index (χ4n) is 9.03. The molecule has 1 aliphatic heterocycles. The Labute approximate surface area is 308 Å². The monoisotopic (exact) mass is 694 g/mol. The van der Waals surface area contributed by atoms with Gasteiger partial charge in [0.05, 0.1) is 39.1 Å². The van der Waals surface area contributed by atoms with Gasteiger partial charge in [0.2, 0.25) is 0 Å². The Kier molecular flexibility index (Phi) is 6.37. The lowest BCUT2D eigenvalue weighted by molar-refractivity contribution is 1.14. The summed E-state index contributed by atoms with van der Waals surface area (Å²) in [5.41, 5.74) is 12.4. The maximum Gasteiger partial charge on any atom is 0.162 e. The van der Waals surface area contributed by atoms with Gasteiger partial charge in [-0.2, -0.15) is 0 Å². The molecule has 3 aromatic heterocycles. The Balaban J connectivity index is 1.23. The second-order valence-electron chi connectivity index (χ2n) is 14.6. The average molecular weight is 695 g/mol. The summed E-state index contributed by atoms with van der Waals surface area (Å²) in [6.07, 6.45) is 0. The first-order valence-electron chi connectivity index (χ1n) is 18.3. The van der Waals surface area contributed by atoms with E-state index in [1.807, 2.05) is 0 Å². The largest absolute Gasteiger partial charge is 0.309 e. The van der Waals surface area contributed by atoms with Crippen LogP contribution in [0.4, 0.5) is 0 Å². The summed E-state index contributed by atoms with van der Waals surface area (Å²) in [4.78, 5) is 11.0. The molecule has 5 heteroatoms. The molecular formula is C48H34N4Si. The van der Waals surface area contributed by atoms with Crippen molar-refractivity contribution in [2.45, 2.75) is 13.1 Å². The van der Waals surface area contributed by atoms with Crippen molar-refractivity contribution in [3.05, 3.63) is 170 Å². The van der Waals surface area contributed by atoms with E-state index in [4.69, 9.17) is 9.97 Å². The number of para-hydroxylation sites is 4. The third kappa shape index (κ3) is 4.23. The first-order chi connectivity index (χ1) is 26.1. The molecule has 0 N–H and O–H groups in total. The Morgan fingerprint density at radius 3 is 1.68 bits per heavy atom. The van der Waals surface area contributed by atoms with Gasteiger partial charge >= 0.3 is 0 Å². The van der Waals surface area contributed by atoms with Crippen LogP contribution in [0.15, 0.2) is 170 Å². The van der Waals surface area contributed by atoms with Gasteiger partial charge in [0.15, 0.2) is 5.82 Å². The summed E-state index contributed by atoms with van der Waals surface area (Å²) in [5, 5.41) is 7.72. The molecule has 4 nitrogen and oxygen atoms in total. The molecule has 0 amide bonds. The van der Waals surface area contributed by atoms with Crippen LogP contribution in [0.2, 0.25) is 13.1 Å². The zero-order valence-electron chi connectivity index (χ0n) is 29.5. The molecule has 53 heavy (non-hydrogen) atoms. The molecule has 0 fully saturated rings. The van der Waals surface area contributed by atoms with Crippen LogP contribution in [0.25, 0.3) is 88.9 Å². The molecule has 0 spiro atoms. The van der Waals surface area contributed by atoms with E-state index in [-0.39, 0.29) is 0 Å². The lowest BCUT2D eigenvalue weighted by Gasteiger charge is -2.22. The van der Waals surface area contributed by atoms with Gasteiger partial charge in [-0.05, 0) is 64.5 Å². The number of rotatable bonds is 4. The number of hydrogen-bond acceptors (Lipinski definition) is 2. The van der Waals surface area contributed by atoms with E-state index < -0.39 is 8.07 Å². The van der Waals surface area contributed by atoms with Crippen LogP contribution in [0.5, 0.6) is 0 Å². The van der Waals surface area contributed by atoms with E-state index in [1.54, 1.807) is 0 Å². The van der Waals surface area contributed by atoms with E-state index in [0.717, 1.165) is 50.7 Å². The minimum absolute atomic E-state index is 0.743. The van der Waals surface area contributed by atoms with Crippen LogP contribution in [0, 0.1) is 0 Å². The number of fused-ring (bicyclic) bond motifs is 10. The van der Waals surface area contributed by atoms with Crippen molar-refractivity contribution in [1.82, 2.24) is 19.1 Å². The van der Waals surface area contributed by atoms with Crippen molar-refractivity contribution in [3.63, 3.8) is 0 Å². The van der Waals surface area contributed by atoms with E-state index in [9.17, 15) is 0 Å². The third-order valence-electron chi connectivity index (χ3n) is 11.3. The SMILES string of the molecule is C[Si]1(C)c2ccccc2-c2nc(-c3ccccc3-n3c4ccccc4c4c5c6ccccc6n(-c6ccccc6)c5ccc43)nc(-c3ccccc3)c21. The van der Waals surface area contributed by atoms with Crippen molar-refractivity contribution in [1.29, 1.82) is 0 Å². The molecule has 250 valence electrons. The lowest BCUT2D eigenvalue weighted by Crippen LogP contribution is -2.50. The maximum absolute atomic E-state index is 5.53. The van der Waals surface area contributed by atoms with Crippen molar-refractivity contribution < 1.29 is 0 Å². The second-order valence-corrected chi connectivity index (χ2v) is 18.9. The molecule has 7 aromatic carbocycles. The summed E-state index contributed by atoms with van der Waals surface area (Å²) in [6.45, 7) is 4.88. The van der Waals surface area contributed by atoms with Gasteiger partial charge < -0.3 is 9.13 Å². The molecule has 0 bridgehead atoms. The molecule has 0 radical (unpaired) electrons. The first-order valence-corrected chi connectivity index (χ1v) is 21.3. The predicted molar refractivity (Wildman–Crippen MR) is 224 cm³/mol. The van der Waals surface area contributed by atoms with Crippen LogP contribution < -0.4 is 10.4 Å². The van der Waals surface area contributed by atoms with E-state index >= 15 is 0 Å². The van der Waals surface area contributed by atoms with E-state index in [2.05, 4.69) is 192 Å². The first kappa shape index (κ1) is 30.1. The van der Waals surface area contributed by atoms with E-state index in [0.29, 0.717) is 0 Å². The molecule has 11 rings (SSSR count). The molecule has 0 aliphatic carbocycles. The van der Waals surface area contributed by atoms with Crippen LogP contribution in [0.1, 0.15) is 0 Å². The Morgan fingerprint density at radius 2 is 0.962 bits per heavy atom. The Bertz CT molecular complexity index is 3080. The average Bonchev–Trinajstić information content (AvgIpc) is 3.81. The van der Waals surface area contributed by atoms with Gasteiger partial charge in [-0.3, -0.25) is 0 Å². The molecule has 10 aromatic rings. The fourth-order valence-corrected chi connectivity index (χ4v) is 12.3. The van der Waals surface area contributed by atoms with Crippen LogP contribution >= 0.6 is 0 Å². The van der Waals surface area contributed by atoms with E-state index in [1.165, 1.54) is 48.5 Å². The fraction of sp³-hybridized carbons (Fsp3) is 0.0417. The zero-order valence-corrected chi connectivity index (χ0v) is 30.5. The summed E-state index contributed by atoms with van der Waals surface area (Å²) >= 11 is 0. The lowest BCUT2D eigenvalue weighted by atomic mass is 10.1. The van der Waals surface area contributed by atoms with Gasteiger partial charge in [0.1, 0.15) is 8.07 Å². The standard InChI is InChI=1S/C48H34N4Si/c1-53(2)42-28-16-12-24-36(42)46-47(53)45(31-17-5-3-6-18-31)49-48(50-46)35-23-11-15-27-39(35)52-38-26-14-10-22-34(38)44-41(52)30-29-40-43(44)33-21-9-13-25-37(33)51(40)32-19-7-4-8-20-32/h3-30H,1-2H3. The number of aromatic nitrogens is 4. The second kappa shape index (κ2) is 11.2. The molecule has 0 unspecified atom stereocenters. The number of hydrogen-bond donors (Lipinski definition) is 0. The highest BCUT2D eigenvalue weighted by molar-refractivity contribution is 7.04. The maximum atomic E-state index is 5.53. The summed E-state index contributed by atoms with van der Waals surface area (Å²) in [6, 6.07) is 61.1. The summed E-state index contributed by atoms with van der Waals surface area (Å²) in [7, 11) is -2.08. The molecule has 0 atom stereocenters. The molecule has 0 saturated heterocycles. The van der Waals surface area contributed by atoms with Gasteiger partial charge in [-0.25, -0.2) is 9.97 Å². The van der Waals surface area contributed by atoms with Crippen molar-refractivity contribution in [2.75, 3.05) is 0 Å². The van der Waals surface area contributed by atoms with Crippen LogP contribution in [-0.2, 0) is 0 Å². The minimum Gasteiger partial charge on any atom is -0.309 e. The van der Waals surface area contributed by atoms with Gasteiger partial charge in [-0.1, -0.05) is 134 Å². The molecular weight excluding hydrogens is 661 g/mol. The molecule has 1 aliphatic rings. The topological polar surface area (TPSA) is 35.6 Å². The van der Waals surface area contributed by atoms with Crippen LogP contribution in [0.3, 0.4) is 0 Å². The van der Waals surface area contributed by atoms with Gasteiger partial charge in [0, 0.05) is 38.4 Å². The summed E-state index contributed by atoms with van der Waals surface area (Å²) in [5.74, 6) is 0.743.